The molecule has 1 unspecified atom stereocenters. The zero-order valence-electron chi connectivity index (χ0n) is 11.3. The van der Waals surface area contributed by atoms with Crippen molar-refractivity contribution in [2.75, 3.05) is 33.5 Å². The minimum Gasteiger partial charge on any atom is -0.468 e. The van der Waals surface area contributed by atoms with Gasteiger partial charge in [0.2, 0.25) is 0 Å². The van der Waals surface area contributed by atoms with Gasteiger partial charge in [0.15, 0.2) is 0 Å². The van der Waals surface area contributed by atoms with Crippen LogP contribution < -0.4 is 5.32 Å². The molecule has 0 aliphatic rings. The van der Waals surface area contributed by atoms with E-state index in [1.54, 1.807) is 0 Å². The molecule has 0 rings (SSSR count). The van der Waals surface area contributed by atoms with E-state index in [0.717, 1.165) is 13.0 Å². The Morgan fingerprint density at radius 3 is 2.53 bits per heavy atom. The molecule has 1 N–H and O–H groups in total. The van der Waals surface area contributed by atoms with Gasteiger partial charge in [0.05, 0.1) is 33.0 Å². The first-order valence-electron chi connectivity index (χ1n) is 6.12. The number of nitrogens with one attached hydrogen (secondary N) is 1. The minimum atomic E-state index is -0.390. The van der Waals surface area contributed by atoms with E-state index in [-0.39, 0.29) is 18.1 Å². The summed E-state index contributed by atoms with van der Waals surface area (Å²) >= 11 is 0. The highest BCUT2D eigenvalue weighted by Gasteiger charge is 2.17. The average Bonchev–Trinajstić information content (AvgIpc) is 2.31. The maximum absolute atomic E-state index is 11.4. The molecular weight excluding hydrogens is 222 g/mol. The summed E-state index contributed by atoms with van der Waals surface area (Å²) in [5, 5.41) is 3.08. The van der Waals surface area contributed by atoms with Gasteiger partial charge < -0.3 is 19.5 Å². The van der Waals surface area contributed by atoms with E-state index >= 15 is 0 Å². The highest BCUT2D eigenvalue weighted by molar-refractivity contribution is 5.75. The second-order valence-corrected chi connectivity index (χ2v) is 4.02. The van der Waals surface area contributed by atoms with E-state index in [1.165, 1.54) is 7.11 Å². The van der Waals surface area contributed by atoms with Crippen LogP contribution in [0.15, 0.2) is 0 Å². The molecule has 102 valence electrons. The molecule has 0 spiro atoms. The molecule has 5 nitrogen and oxygen atoms in total. The lowest BCUT2D eigenvalue weighted by Crippen LogP contribution is -2.42. The quantitative estimate of drug-likeness (QED) is 0.460. The molecule has 0 fully saturated rings. The fourth-order valence-electron chi connectivity index (χ4n) is 1.22. The van der Waals surface area contributed by atoms with Crippen molar-refractivity contribution in [3.8, 4) is 0 Å². The third kappa shape index (κ3) is 9.09. The molecule has 0 radical (unpaired) electrons. The number of hydrogen-bond donors (Lipinski definition) is 1. The summed E-state index contributed by atoms with van der Waals surface area (Å²) in [7, 11) is 1.38. The highest BCUT2D eigenvalue weighted by Crippen LogP contribution is 1.93. The molecule has 0 aliphatic carbocycles. The fraction of sp³-hybridized carbons (Fsp3) is 0.917. The van der Waals surface area contributed by atoms with Gasteiger partial charge in [-0.25, -0.2) is 0 Å². The van der Waals surface area contributed by atoms with Gasteiger partial charge in [0.1, 0.15) is 6.04 Å². The van der Waals surface area contributed by atoms with Crippen molar-refractivity contribution >= 4 is 5.97 Å². The van der Waals surface area contributed by atoms with Gasteiger partial charge >= 0.3 is 5.97 Å². The zero-order chi connectivity index (χ0) is 13.1. The van der Waals surface area contributed by atoms with Gasteiger partial charge in [-0.15, -0.1) is 0 Å². The summed E-state index contributed by atoms with van der Waals surface area (Å²) in [6.45, 7) is 8.09. The van der Waals surface area contributed by atoms with Gasteiger partial charge in [0, 0.05) is 0 Å². The van der Waals surface area contributed by atoms with Crippen molar-refractivity contribution < 1.29 is 19.0 Å². The standard InChI is InChI=1S/C12H25NO4/c1-5-6-13-11(12(14)15-4)9-16-7-8-17-10(2)3/h10-11,13H,5-9H2,1-4H3. The van der Waals surface area contributed by atoms with Crippen LogP contribution in [0.25, 0.3) is 0 Å². The molecule has 0 heterocycles. The lowest BCUT2D eigenvalue weighted by molar-refractivity contribution is -0.145. The lowest BCUT2D eigenvalue weighted by atomic mass is 10.3. The van der Waals surface area contributed by atoms with Crippen LogP contribution in [0.1, 0.15) is 27.2 Å². The SMILES string of the molecule is CCCNC(COCCOC(C)C)C(=O)OC. The molecule has 0 aromatic carbocycles. The van der Waals surface area contributed by atoms with Crippen molar-refractivity contribution in [3.63, 3.8) is 0 Å². The van der Waals surface area contributed by atoms with E-state index in [2.05, 4.69) is 5.32 Å². The zero-order valence-corrected chi connectivity index (χ0v) is 11.3. The van der Waals surface area contributed by atoms with Crippen LogP contribution in [0.4, 0.5) is 0 Å². The molecule has 0 bridgehead atoms. The van der Waals surface area contributed by atoms with Crippen molar-refractivity contribution in [2.45, 2.75) is 39.3 Å². The third-order valence-corrected chi connectivity index (χ3v) is 2.09. The second kappa shape index (κ2) is 10.5. The third-order valence-electron chi connectivity index (χ3n) is 2.09. The maximum Gasteiger partial charge on any atom is 0.325 e. The average molecular weight is 247 g/mol. The highest BCUT2D eigenvalue weighted by atomic mass is 16.5. The Morgan fingerprint density at radius 2 is 2.00 bits per heavy atom. The summed E-state index contributed by atoms with van der Waals surface area (Å²) in [4.78, 5) is 11.4. The van der Waals surface area contributed by atoms with Gasteiger partial charge in [-0.05, 0) is 26.8 Å². The predicted molar refractivity (Wildman–Crippen MR) is 66.0 cm³/mol. The minimum absolute atomic E-state index is 0.202. The molecule has 0 aromatic heterocycles. The molecule has 0 aromatic rings. The van der Waals surface area contributed by atoms with Gasteiger partial charge in [-0.2, -0.15) is 0 Å². The molecule has 1 atom stereocenters. The topological polar surface area (TPSA) is 56.8 Å². The first-order chi connectivity index (χ1) is 8.11. The largest absolute Gasteiger partial charge is 0.468 e. The number of ether oxygens (including phenoxy) is 3. The monoisotopic (exact) mass is 247 g/mol. The second-order valence-electron chi connectivity index (χ2n) is 4.02. The van der Waals surface area contributed by atoms with Crippen LogP contribution in [0.2, 0.25) is 0 Å². The van der Waals surface area contributed by atoms with E-state index in [0.29, 0.717) is 19.8 Å². The molecular formula is C12H25NO4. The Hall–Kier alpha value is -0.650. The first-order valence-corrected chi connectivity index (χ1v) is 6.12. The maximum atomic E-state index is 11.4. The fourth-order valence-corrected chi connectivity index (χ4v) is 1.22. The smallest absolute Gasteiger partial charge is 0.325 e. The van der Waals surface area contributed by atoms with Crippen LogP contribution >= 0.6 is 0 Å². The normalized spacial score (nSPS) is 12.8. The number of carbonyl (C=O) groups is 1. The summed E-state index contributed by atoms with van der Waals surface area (Å²) in [5.41, 5.74) is 0. The van der Waals surface area contributed by atoms with Crippen LogP contribution in [-0.2, 0) is 19.0 Å². The number of esters is 1. The van der Waals surface area contributed by atoms with E-state index in [4.69, 9.17) is 14.2 Å². The van der Waals surface area contributed by atoms with E-state index in [9.17, 15) is 4.79 Å². The Morgan fingerprint density at radius 1 is 1.29 bits per heavy atom. The number of hydrogen-bond acceptors (Lipinski definition) is 5. The summed E-state index contributed by atoms with van der Waals surface area (Å²) in [6, 6.07) is -0.390. The van der Waals surface area contributed by atoms with Crippen molar-refractivity contribution in [1.82, 2.24) is 5.32 Å². The molecule has 17 heavy (non-hydrogen) atoms. The number of carbonyl (C=O) groups excluding carboxylic acids is 1. The van der Waals surface area contributed by atoms with Crippen LogP contribution in [0.5, 0.6) is 0 Å². The van der Waals surface area contributed by atoms with Crippen LogP contribution in [-0.4, -0.2) is 51.6 Å². The first kappa shape index (κ1) is 16.4. The van der Waals surface area contributed by atoms with Crippen LogP contribution in [0, 0.1) is 0 Å². The van der Waals surface area contributed by atoms with E-state index in [1.807, 2.05) is 20.8 Å². The van der Waals surface area contributed by atoms with Crippen molar-refractivity contribution in [2.24, 2.45) is 0 Å². The lowest BCUT2D eigenvalue weighted by Gasteiger charge is -2.16. The summed E-state index contributed by atoms with van der Waals surface area (Å²) in [6.07, 6.45) is 1.16. The molecule has 5 heteroatoms. The van der Waals surface area contributed by atoms with Crippen molar-refractivity contribution in [3.05, 3.63) is 0 Å². The van der Waals surface area contributed by atoms with Gasteiger partial charge in [-0.1, -0.05) is 6.92 Å². The molecule has 0 amide bonds. The number of rotatable bonds is 10. The van der Waals surface area contributed by atoms with Crippen molar-refractivity contribution in [1.29, 1.82) is 0 Å². The Kier molecular flexibility index (Phi) is 10.1. The summed E-state index contributed by atoms with van der Waals surface area (Å²) < 4.78 is 15.4. The Balaban J connectivity index is 3.71. The van der Waals surface area contributed by atoms with Gasteiger partial charge in [-0.3, -0.25) is 4.79 Å². The molecule has 0 saturated heterocycles. The molecule has 0 aliphatic heterocycles. The van der Waals surface area contributed by atoms with E-state index < -0.39 is 0 Å². The Bertz CT molecular complexity index is 197. The van der Waals surface area contributed by atoms with Crippen LogP contribution in [0.3, 0.4) is 0 Å². The molecule has 0 saturated carbocycles. The summed E-state index contributed by atoms with van der Waals surface area (Å²) in [5.74, 6) is -0.289. The Labute approximate surface area is 104 Å². The predicted octanol–water partition coefficient (Wildman–Crippen LogP) is 0.969. The van der Waals surface area contributed by atoms with Gasteiger partial charge in [0.25, 0.3) is 0 Å². The number of methoxy groups -OCH3 is 1.